The SMILES string of the molecule is COc1ccc2c(c1)CCCN2C(=O)c1ccc(-c2ncn(C)n2)cc1. The first-order valence-electron chi connectivity index (χ1n) is 8.60. The fourth-order valence-corrected chi connectivity index (χ4v) is 3.30. The third-order valence-corrected chi connectivity index (χ3v) is 4.64. The highest BCUT2D eigenvalue weighted by Crippen LogP contribution is 2.31. The summed E-state index contributed by atoms with van der Waals surface area (Å²) in [7, 11) is 3.49. The van der Waals surface area contributed by atoms with Crippen molar-refractivity contribution >= 4 is 11.6 Å². The van der Waals surface area contributed by atoms with Crippen molar-refractivity contribution < 1.29 is 9.53 Å². The Labute approximate surface area is 152 Å². The molecule has 0 atom stereocenters. The minimum Gasteiger partial charge on any atom is -0.497 e. The quantitative estimate of drug-likeness (QED) is 0.730. The Morgan fingerprint density at radius 2 is 1.96 bits per heavy atom. The summed E-state index contributed by atoms with van der Waals surface area (Å²) in [6.07, 6.45) is 3.57. The van der Waals surface area contributed by atoms with E-state index in [1.807, 2.05) is 54.4 Å². The number of methoxy groups -OCH3 is 1. The van der Waals surface area contributed by atoms with Crippen LogP contribution in [0.1, 0.15) is 22.3 Å². The van der Waals surface area contributed by atoms with Crippen LogP contribution in [-0.4, -0.2) is 34.3 Å². The van der Waals surface area contributed by atoms with Crippen LogP contribution >= 0.6 is 0 Å². The van der Waals surface area contributed by atoms with E-state index in [2.05, 4.69) is 10.1 Å². The standard InChI is InChI=1S/C20H20N4O2/c1-23-13-21-19(22-23)14-5-7-15(8-6-14)20(25)24-11-3-4-16-12-17(26-2)9-10-18(16)24/h5-10,12-13H,3-4,11H2,1-2H3. The number of anilines is 1. The van der Waals surface area contributed by atoms with Crippen molar-refractivity contribution in [2.75, 3.05) is 18.6 Å². The molecule has 6 heteroatoms. The van der Waals surface area contributed by atoms with E-state index in [0.29, 0.717) is 11.4 Å². The van der Waals surface area contributed by atoms with Crippen LogP contribution in [-0.2, 0) is 13.5 Å². The second-order valence-corrected chi connectivity index (χ2v) is 6.37. The number of rotatable bonds is 3. The van der Waals surface area contributed by atoms with Gasteiger partial charge in [-0.05, 0) is 48.7 Å². The Bertz CT molecular complexity index is 947. The van der Waals surface area contributed by atoms with E-state index in [0.717, 1.165) is 42.0 Å². The predicted molar refractivity (Wildman–Crippen MR) is 99.4 cm³/mol. The highest BCUT2D eigenvalue weighted by molar-refractivity contribution is 6.07. The van der Waals surface area contributed by atoms with Gasteiger partial charge in [-0.15, -0.1) is 0 Å². The van der Waals surface area contributed by atoms with Gasteiger partial charge in [0.1, 0.15) is 12.1 Å². The van der Waals surface area contributed by atoms with Crippen molar-refractivity contribution in [1.82, 2.24) is 14.8 Å². The maximum absolute atomic E-state index is 13.0. The zero-order valence-electron chi connectivity index (χ0n) is 14.8. The first-order chi connectivity index (χ1) is 12.7. The molecule has 4 rings (SSSR count). The van der Waals surface area contributed by atoms with Gasteiger partial charge < -0.3 is 9.64 Å². The van der Waals surface area contributed by atoms with Gasteiger partial charge in [0.25, 0.3) is 5.91 Å². The van der Waals surface area contributed by atoms with Gasteiger partial charge in [0.2, 0.25) is 0 Å². The molecule has 6 nitrogen and oxygen atoms in total. The maximum atomic E-state index is 13.0. The average molecular weight is 348 g/mol. The Balaban J connectivity index is 1.60. The number of benzene rings is 2. The van der Waals surface area contributed by atoms with Crippen LogP contribution in [0.5, 0.6) is 5.75 Å². The second-order valence-electron chi connectivity index (χ2n) is 6.37. The van der Waals surface area contributed by atoms with Crippen LogP contribution < -0.4 is 9.64 Å². The zero-order chi connectivity index (χ0) is 18.1. The van der Waals surface area contributed by atoms with E-state index in [1.165, 1.54) is 0 Å². The number of hydrogen-bond acceptors (Lipinski definition) is 4. The van der Waals surface area contributed by atoms with Crippen LogP contribution in [0, 0.1) is 0 Å². The van der Waals surface area contributed by atoms with Gasteiger partial charge in [-0.3, -0.25) is 9.48 Å². The van der Waals surface area contributed by atoms with Gasteiger partial charge in [0.15, 0.2) is 5.82 Å². The van der Waals surface area contributed by atoms with Gasteiger partial charge in [-0.2, -0.15) is 5.10 Å². The van der Waals surface area contributed by atoms with Crippen LogP contribution in [0.2, 0.25) is 0 Å². The molecule has 0 spiro atoms. The van der Waals surface area contributed by atoms with Gasteiger partial charge in [-0.25, -0.2) is 4.98 Å². The largest absolute Gasteiger partial charge is 0.497 e. The molecular weight excluding hydrogens is 328 g/mol. The molecule has 1 amide bonds. The molecular formula is C20H20N4O2. The molecule has 1 aliphatic heterocycles. The zero-order valence-corrected chi connectivity index (χ0v) is 14.8. The van der Waals surface area contributed by atoms with E-state index in [9.17, 15) is 4.79 Å². The first kappa shape index (κ1) is 16.3. The molecule has 0 unspecified atom stereocenters. The number of carbonyl (C=O) groups is 1. The summed E-state index contributed by atoms with van der Waals surface area (Å²) >= 11 is 0. The normalized spacial score (nSPS) is 13.4. The molecule has 0 radical (unpaired) electrons. The lowest BCUT2D eigenvalue weighted by Crippen LogP contribution is -2.35. The minimum atomic E-state index is 0.0108. The molecule has 2 heterocycles. The summed E-state index contributed by atoms with van der Waals surface area (Å²) in [6, 6.07) is 13.4. The van der Waals surface area contributed by atoms with Gasteiger partial charge >= 0.3 is 0 Å². The molecule has 1 aromatic heterocycles. The Morgan fingerprint density at radius 1 is 1.15 bits per heavy atom. The molecule has 26 heavy (non-hydrogen) atoms. The minimum absolute atomic E-state index is 0.0108. The van der Waals surface area contributed by atoms with E-state index in [4.69, 9.17) is 4.74 Å². The van der Waals surface area contributed by atoms with E-state index < -0.39 is 0 Å². The number of hydrogen-bond donors (Lipinski definition) is 0. The third-order valence-electron chi connectivity index (χ3n) is 4.64. The second kappa shape index (κ2) is 6.63. The lowest BCUT2D eigenvalue weighted by atomic mass is 10.00. The highest BCUT2D eigenvalue weighted by atomic mass is 16.5. The first-order valence-corrected chi connectivity index (χ1v) is 8.60. The molecule has 3 aromatic rings. The average Bonchev–Trinajstić information content (AvgIpc) is 3.13. The van der Waals surface area contributed by atoms with Crippen molar-refractivity contribution in [3.63, 3.8) is 0 Å². The van der Waals surface area contributed by atoms with E-state index in [-0.39, 0.29) is 5.91 Å². The van der Waals surface area contributed by atoms with E-state index >= 15 is 0 Å². The molecule has 0 aliphatic carbocycles. The number of nitrogens with zero attached hydrogens (tertiary/aromatic N) is 4. The van der Waals surface area contributed by atoms with Crippen LogP contribution in [0.25, 0.3) is 11.4 Å². The summed E-state index contributed by atoms with van der Waals surface area (Å²) in [4.78, 5) is 19.1. The van der Waals surface area contributed by atoms with Crippen molar-refractivity contribution in [3.8, 4) is 17.1 Å². The summed E-state index contributed by atoms with van der Waals surface area (Å²) in [5, 5.41) is 4.29. The van der Waals surface area contributed by atoms with E-state index in [1.54, 1.807) is 18.1 Å². The van der Waals surface area contributed by atoms with Gasteiger partial charge in [-0.1, -0.05) is 12.1 Å². The lowest BCUT2D eigenvalue weighted by molar-refractivity contribution is 0.0985. The molecule has 0 fully saturated rings. The Hall–Kier alpha value is -3.15. The molecule has 0 saturated heterocycles. The monoisotopic (exact) mass is 348 g/mol. The van der Waals surface area contributed by atoms with Gasteiger partial charge in [0, 0.05) is 30.4 Å². The molecule has 0 N–H and O–H groups in total. The van der Waals surface area contributed by atoms with Crippen molar-refractivity contribution in [1.29, 1.82) is 0 Å². The number of amides is 1. The summed E-state index contributed by atoms with van der Waals surface area (Å²) in [5.74, 6) is 1.49. The molecule has 1 aliphatic rings. The third kappa shape index (κ3) is 2.94. The van der Waals surface area contributed by atoms with Crippen LogP contribution in [0.3, 0.4) is 0 Å². The van der Waals surface area contributed by atoms with Crippen molar-refractivity contribution in [2.24, 2.45) is 7.05 Å². The molecule has 132 valence electrons. The molecule has 0 saturated carbocycles. The Kier molecular flexibility index (Phi) is 4.16. The van der Waals surface area contributed by atoms with Crippen molar-refractivity contribution in [3.05, 3.63) is 59.9 Å². The maximum Gasteiger partial charge on any atom is 0.258 e. The summed E-state index contributed by atoms with van der Waals surface area (Å²) in [5.41, 5.74) is 3.68. The van der Waals surface area contributed by atoms with Crippen LogP contribution in [0.4, 0.5) is 5.69 Å². The van der Waals surface area contributed by atoms with Gasteiger partial charge in [0.05, 0.1) is 7.11 Å². The number of fused-ring (bicyclic) bond motifs is 1. The number of ether oxygens (including phenoxy) is 1. The predicted octanol–water partition coefficient (Wildman–Crippen LogP) is 3.08. The lowest BCUT2D eigenvalue weighted by Gasteiger charge is -2.30. The van der Waals surface area contributed by atoms with Crippen molar-refractivity contribution in [2.45, 2.75) is 12.8 Å². The highest BCUT2D eigenvalue weighted by Gasteiger charge is 2.24. The number of carbonyl (C=O) groups excluding carboxylic acids is 1. The summed E-state index contributed by atoms with van der Waals surface area (Å²) in [6.45, 7) is 0.724. The Morgan fingerprint density at radius 3 is 2.65 bits per heavy atom. The molecule has 2 aromatic carbocycles. The number of aryl methyl sites for hydroxylation is 2. The fraction of sp³-hybridized carbons (Fsp3) is 0.250. The number of aromatic nitrogens is 3. The molecule has 0 bridgehead atoms. The summed E-state index contributed by atoms with van der Waals surface area (Å²) < 4.78 is 6.96. The van der Waals surface area contributed by atoms with Crippen LogP contribution in [0.15, 0.2) is 48.8 Å². The fourth-order valence-electron chi connectivity index (χ4n) is 3.30. The topological polar surface area (TPSA) is 60.2 Å². The smallest absolute Gasteiger partial charge is 0.258 e.